The molecule has 0 radical (unpaired) electrons. The van der Waals surface area contributed by atoms with Crippen LogP contribution in [-0.4, -0.2) is 19.9 Å². The van der Waals surface area contributed by atoms with Gasteiger partial charge >= 0.3 is 15.6 Å². The highest BCUT2D eigenvalue weighted by Crippen LogP contribution is 2.28. The van der Waals surface area contributed by atoms with Gasteiger partial charge in [0.2, 0.25) is 0 Å². The van der Waals surface area contributed by atoms with Gasteiger partial charge in [0.05, 0.1) is 0 Å². The van der Waals surface area contributed by atoms with Gasteiger partial charge in [-0.2, -0.15) is 21.6 Å². The summed E-state index contributed by atoms with van der Waals surface area (Å²) in [5, 5.41) is 10.6. The Bertz CT molecular complexity index is 842. The molecular formula is C15H10F3O5S-. The van der Waals surface area contributed by atoms with Crippen LogP contribution in [0, 0.1) is 0 Å². The molecule has 0 aliphatic heterocycles. The predicted molar refractivity (Wildman–Crippen MR) is 76.2 cm³/mol. The molecular weight excluding hydrogens is 349 g/mol. The summed E-state index contributed by atoms with van der Waals surface area (Å²) >= 11 is 0. The van der Waals surface area contributed by atoms with Gasteiger partial charge in [0.15, 0.2) is 0 Å². The van der Waals surface area contributed by atoms with E-state index in [9.17, 15) is 31.5 Å². The zero-order valence-electron chi connectivity index (χ0n) is 11.9. The summed E-state index contributed by atoms with van der Waals surface area (Å²) in [5.74, 6) is -1.73. The number of aliphatic carboxylic acids is 1. The quantitative estimate of drug-likeness (QED) is 0.601. The third kappa shape index (κ3) is 4.25. The number of carboxylic acid groups (broad SMARTS) is 1. The molecule has 0 aliphatic carbocycles. The van der Waals surface area contributed by atoms with Crippen molar-refractivity contribution in [1.82, 2.24) is 0 Å². The second kappa shape index (κ2) is 6.52. The number of carbonyl (C=O) groups is 1. The minimum Gasteiger partial charge on any atom is -0.550 e. The molecule has 0 saturated carbocycles. The minimum absolute atomic E-state index is 0.279. The predicted octanol–water partition coefficient (Wildman–Crippen LogP) is 1.87. The fourth-order valence-corrected chi connectivity index (χ4v) is 2.36. The number of benzene rings is 2. The Morgan fingerprint density at radius 2 is 1.67 bits per heavy atom. The van der Waals surface area contributed by atoms with Gasteiger partial charge in [-0.15, -0.1) is 0 Å². The standard InChI is InChI=1S/C15H11F3O5S/c16-15(17,18)24(21,22)23-13-6-4-11(5-7-13)12-3-1-2-10(8-12)9-14(19)20/h1-8H,9H2,(H,19,20)/p-1. The summed E-state index contributed by atoms with van der Waals surface area (Å²) in [4.78, 5) is 10.6. The Balaban J connectivity index is 2.23. The molecule has 0 amide bonds. The molecule has 0 saturated heterocycles. The topological polar surface area (TPSA) is 83.5 Å². The van der Waals surface area contributed by atoms with Crippen molar-refractivity contribution in [2.45, 2.75) is 11.9 Å². The van der Waals surface area contributed by atoms with Gasteiger partial charge in [-0.3, -0.25) is 0 Å². The molecule has 0 heterocycles. The molecule has 0 atom stereocenters. The van der Waals surface area contributed by atoms with Crippen molar-refractivity contribution in [2.24, 2.45) is 0 Å². The Morgan fingerprint density at radius 3 is 2.21 bits per heavy atom. The molecule has 2 rings (SSSR count). The Morgan fingerprint density at radius 1 is 1.04 bits per heavy atom. The first-order valence-electron chi connectivity index (χ1n) is 6.48. The molecule has 2 aromatic rings. The van der Waals surface area contributed by atoms with Gasteiger partial charge in [0.1, 0.15) is 5.75 Å². The molecule has 0 bridgehead atoms. The third-order valence-electron chi connectivity index (χ3n) is 2.95. The summed E-state index contributed by atoms with van der Waals surface area (Å²) in [6.07, 6.45) is -0.279. The van der Waals surface area contributed by atoms with Gasteiger partial charge in [0.25, 0.3) is 0 Å². The van der Waals surface area contributed by atoms with Crippen molar-refractivity contribution in [3.05, 3.63) is 54.1 Å². The lowest BCUT2D eigenvalue weighted by Gasteiger charge is -2.10. The molecule has 128 valence electrons. The average Bonchev–Trinajstić information content (AvgIpc) is 2.46. The maximum Gasteiger partial charge on any atom is 0.534 e. The number of rotatable bonds is 5. The number of hydrogen-bond donors (Lipinski definition) is 0. The summed E-state index contributed by atoms with van der Waals surface area (Å²) in [7, 11) is -5.72. The largest absolute Gasteiger partial charge is 0.550 e. The van der Waals surface area contributed by atoms with Gasteiger partial charge in [-0.05, 0) is 28.8 Å². The van der Waals surface area contributed by atoms with Crippen molar-refractivity contribution in [2.75, 3.05) is 0 Å². The van der Waals surface area contributed by atoms with E-state index in [1.165, 1.54) is 12.1 Å². The zero-order chi connectivity index (χ0) is 18.0. The second-order valence-corrected chi connectivity index (χ2v) is 6.29. The summed E-state index contributed by atoms with van der Waals surface area (Å²) in [6.45, 7) is 0. The first kappa shape index (κ1) is 17.8. The number of carboxylic acids is 1. The van der Waals surface area contributed by atoms with Crippen molar-refractivity contribution >= 4 is 16.1 Å². The number of alkyl halides is 3. The van der Waals surface area contributed by atoms with Gasteiger partial charge in [-0.25, -0.2) is 0 Å². The van der Waals surface area contributed by atoms with E-state index in [1.807, 2.05) is 0 Å². The van der Waals surface area contributed by atoms with Crippen LogP contribution in [0.15, 0.2) is 48.5 Å². The van der Waals surface area contributed by atoms with Crippen LogP contribution >= 0.6 is 0 Å². The van der Waals surface area contributed by atoms with E-state index in [4.69, 9.17) is 0 Å². The third-order valence-corrected chi connectivity index (χ3v) is 3.93. The molecule has 0 N–H and O–H groups in total. The van der Waals surface area contributed by atoms with Crippen molar-refractivity contribution < 1.29 is 35.7 Å². The van der Waals surface area contributed by atoms with E-state index in [-0.39, 0.29) is 6.42 Å². The van der Waals surface area contributed by atoms with Crippen molar-refractivity contribution in [1.29, 1.82) is 0 Å². The van der Waals surface area contributed by atoms with Crippen molar-refractivity contribution in [3.8, 4) is 16.9 Å². The first-order valence-corrected chi connectivity index (χ1v) is 7.89. The van der Waals surface area contributed by atoms with Crippen LogP contribution in [0.4, 0.5) is 13.2 Å². The monoisotopic (exact) mass is 359 g/mol. The zero-order valence-corrected chi connectivity index (χ0v) is 12.7. The van der Waals surface area contributed by atoms with Crippen LogP contribution in [0.5, 0.6) is 5.75 Å². The number of halogens is 3. The first-order chi connectivity index (χ1) is 11.1. The lowest BCUT2D eigenvalue weighted by atomic mass is 10.0. The maximum atomic E-state index is 12.2. The molecule has 0 spiro atoms. The molecule has 0 aromatic heterocycles. The molecule has 2 aromatic carbocycles. The van der Waals surface area contributed by atoms with Crippen LogP contribution in [0.25, 0.3) is 11.1 Å². The van der Waals surface area contributed by atoms with E-state index in [0.29, 0.717) is 16.7 Å². The van der Waals surface area contributed by atoms with Crippen molar-refractivity contribution in [3.63, 3.8) is 0 Å². The second-order valence-electron chi connectivity index (χ2n) is 4.76. The molecule has 0 unspecified atom stereocenters. The van der Waals surface area contributed by atoms with E-state index in [1.54, 1.807) is 24.3 Å². The smallest absolute Gasteiger partial charge is 0.534 e. The Labute approximate surface area is 135 Å². The van der Waals surface area contributed by atoms with E-state index in [2.05, 4.69) is 4.18 Å². The van der Waals surface area contributed by atoms with Crippen LogP contribution in [0.2, 0.25) is 0 Å². The van der Waals surface area contributed by atoms with E-state index >= 15 is 0 Å². The lowest BCUT2D eigenvalue weighted by Crippen LogP contribution is -2.28. The van der Waals surface area contributed by atoms with Gasteiger partial charge in [-0.1, -0.05) is 36.4 Å². The highest BCUT2D eigenvalue weighted by atomic mass is 32.2. The van der Waals surface area contributed by atoms with Gasteiger partial charge < -0.3 is 14.1 Å². The van der Waals surface area contributed by atoms with Crippen LogP contribution in [0.1, 0.15) is 5.56 Å². The van der Waals surface area contributed by atoms with E-state index < -0.39 is 27.3 Å². The maximum absolute atomic E-state index is 12.2. The fraction of sp³-hybridized carbons (Fsp3) is 0.133. The molecule has 9 heteroatoms. The minimum atomic E-state index is -5.72. The highest BCUT2D eigenvalue weighted by molar-refractivity contribution is 7.88. The average molecular weight is 359 g/mol. The molecule has 0 aliphatic rings. The lowest BCUT2D eigenvalue weighted by molar-refractivity contribution is -0.304. The van der Waals surface area contributed by atoms with Gasteiger partial charge in [0, 0.05) is 12.4 Å². The van der Waals surface area contributed by atoms with Crippen LogP contribution in [0.3, 0.4) is 0 Å². The summed E-state index contributed by atoms with van der Waals surface area (Å²) in [6, 6.07) is 11.3. The normalized spacial score (nSPS) is 12.0. The summed E-state index contributed by atoms with van der Waals surface area (Å²) in [5.41, 5.74) is -3.86. The van der Waals surface area contributed by atoms with Crippen LogP contribution in [-0.2, 0) is 21.3 Å². The SMILES string of the molecule is O=C([O-])Cc1cccc(-c2ccc(OS(=O)(=O)C(F)(F)F)cc2)c1. The van der Waals surface area contributed by atoms with Crippen LogP contribution < -0.4 is 9.29 Å². The fourth-order valence-electron chi connectivity index (χ4n) is 1.90. The Hall–Kier alpha value is -2.55. The number of hydrogen-bond acceptors (Lipinski definition) is 5. The molecule has 24 heavy (non-hydrogen) atoms. The highest BCUT2D eigenvalue weighted by Gasteiger charge is 2.48. The molecule has 0 fully saturated rings. The Kier molecular flexibility index (Phi) is 4.83. The number of carbonyl (C=O) groups excluding carboxylic acids is 1. The summed E-state index contributed by atoms with van der Waals surface area (Å²) < 4.78 is 62.6. The molecule has 5 nitrogen and oxygen atoms in total. The van der Waals surface area contributed by atoms with E-state index in [0.717, 1.165) is 12.1 Å².